The van der Waals surface area contributed by atoms with E-state index in [0.29, 0.717) is 0 Å². The summed E-state index contributed by atoms with van der Waals surface area (Å²) in [6.07, 6.45) is 0. The molecule has 0 saturated heterocycles. The molecule has 10 aromatic carbocycles. The Morgan fingerprint density at radius 2 is 0.746 bits per heavy atom. The molecule has 0 spiro atoms. The molecule has 2 aliphatic carbocycles. The second kappa shape index (κ2) is 15.9. The molecule has 0 unspecified atom stereocenters. The van der Waals surface area contributed by atoms with Gasteiger partial charge in [0.05, 0.1) is 5.69 Å². The maximum atomic E-state index is 2.46. The van der Waals surface area contributed by atoms with Crippen molar-refractivity contribution in [2.45, 2.75) is 38.5 Å². The van der Waals surface area contributed by atoms with E-state index in [4.69, 9.17) is 0 Å². The monoisotopic (exact) mass is 857 g/mol. The second-order valence-electron chi connectivity index (χ2n) is 19.3. The van der Waals surface area contributed by atoms with Crippen molar-refractivity contribution in [2.24, 2.45) is 0 Å². The molecule has 0 saturated carbocycles. The van der Waals surface area contributed by atoms with Crippen LogP contribution in [0.1, 0.15) is 49.9 Å². The van der Waals surface area contributed by atoms with Gasteiger partial charge in [0.25, 0.3) is 0 Å². The van der Waals surface area contributed by atoms with Crippen LogP contribution < -0.4 is 4.90 Å². The summed E-state index contributed by atoms with van der Waals surface area (Å²) in [6.45, 7) is 9.49. The van der Waals surface area contributed by atoms with Crippen LogP contribution in [0, 0.1) is 0 Å². The molecular weight excluding hydrogens is 807 g/mol. The first-order valence-electron chi connectivity index (χ1n) is 23.6. The molecule has 0 radical (unpaired) electrons. The lowest BCUT2D eigenvalue weighted by atomic mass is 9.79. The first-order chi connectivity index (χ1) is 32.8. The average Bonchev–Trinajstić information content (AvgIpc) is 3.76. The molecule has 12 rings (SSSR count). The molecule has 0 N–H and O–H groups in total. The van der Waals surface area contributed by atoms with E-state index >= 15 is 0 Å². The van der Waals surface area contributed by atoms with Crippen molar-refractivity contribution in [1.29, 1.82) is 0 Å². The van der Waals surface area contributed by atoms with Gasteiger partial charge in [-0.15, -0.1) is 0 Å². The molecule has 1 heteroatoms. The Labute approximate surface area is 395 Å². The summed E-state index contributed by atoms with van der Waals surface area (Å²) in [5.41, 5.74) is 26.0. The fraction of sp³-hybridized carbons (Fsp3) is 0.0909. The normalized spacial score (nSPS) is 13.6. The number of anilines is 3. The Kier molecular flexibility index (Phi) is 9.59. The lowest BCUT2D eigenvalue weighted by Gasteiger charge is -2.29. The lowest BCUT2D eigenvalue weighted by Crippen LogP contribution is -2.16. The molecule has 0 aromatic heterocycles. The number of fused-ring (bicyclic) bond motifs is 6. The average molecular weight is 858 g/mol. The van der Waals surface area contributed by atoms with Crippen molar-refractivity contribution in [3.05, 3.63) is 259 Å². The van der Waals surface area contributed by atoms with E-state index < -0.39 is 0 Å². The largest absolute Gasteiger partial charge is 0.310 e. The molecular formula is C66H51N. The van der Waals surface area contributed by atoms with Gasteiger partial charge >= 0.3 is 0 Å². The highest BCUT2D eigenvalue weighted by molar-refractivity contribution is 5.94. The minimum Gasteiger partial charge on any atom is -0.310 e. The SMILES string of the molecule is CC1(C)c2ccccc2-c2ccc(-c3ccccc3N(c3ccc(-c4ccc(-c5ccccc5)c(-c5ccccc5)c4)cc3)c3cccc(-c4cccc5c4C(C)(C)c4ccccc4-5)c3)cc21. The van der Waals surface area contributed by atoms with E-state index in [0.717, 1.165) is 17.1 Å². The molecule has 1 nitrogen and oxygen atoms in total. The number of nitrogens with zero attached hydrogens (tertiary/aromatic N) is 1. The maximum absolute atomic E-state index is 2.46. The number of hydrogen-bond donors (Lipinski definition) is 0. The molecule has 320 valence electrons. The Hall–Kier alpha value is -8.00. The predicted octanol–water partition coefficient (Wildman–Crippen LogP) is 18.1. The summed E-state index contributed by atoms with van der Waals surface area (Å²) in [5, 5.41) is 0. The van der Waals surface area contributed by atoms with E-state index in [1.807, 2.05) is 0 Å². The number of hydrogen-bond acceptors (Lipinski definition) is 1. The van der Waals surface area contributed by atoms with Crippen molar-refractivity contribution in [2.75, 3.05) is 4.90 Å². The Balaban J connectivity index is 1.00. The van der Waals surface area contributed by atoms with Gasteiger partial charge in [0.2, 0.25) is 0 Å². The Morgan fingerprint density at radius 3 is 1.48 bits per heavy atom. The van der Waals surface area contributed by atoms with Gasteiger partial charge in [-0.05, 0) is 137 Å². The molecule has 0 fully saturated rings. The van der Waals surface area contributed by atoms with Crippen molar-refractivity contribution in [1.82, 2.24) is 0 Å². The molecule has 10 aromatic rings. The van der Waals surface area contributed by atoms with Gasteiger partial charge in [-0.25, -0.2) is 0 Å². The molecule has 0 atom stereocenters. The quantitative estimate of drug-likeness (QED) is 0.147. The smallest absolute Gasteiger partial charge is 0.0540 e. The van der Waals surface area contributed by atoms with E-state index in [9.17, 15) is 0 Å². The van der Waals surface area contributed by atoms with Crippen LogP contribution in [0.25, 0.3) is 77.9 Å². The highest BCUT2D eigenvalue weighted by Gasteiger charge is 2.38. The van der Waals surface area contributed by atoms with Gasteiger partial charge in [-0.1, -0.05) is 222 Å². The highest BCUT2D eigenvalue weighted by Crippen LogP contribution is 2.54. The minimum absolute atomic E-state index is 0.107. The van der Waals surface area contributed by atoms with Crippen LogP contribution in [0.5, 0.6) is 0 Å². The fourth-order valence-electron chi connectivity index (χ4n) is 11.4. The van der Waals surface area contributed by atoms with Gasteiger partial charge in [0.15, 0.2) is 0 Å². The van der Waals surface area contributed by atoms with Crippen molar-refractivity contribution in [3.8, 4) is 77.9 Å². The zero-order valence-electron chi connectivity index (χ0n) is 38.5. The molecule has 0 aliphatic heterocycles. The maximum Gasteiger partial charge on any atom is 0.0540 e. The highest BCUT2D eigenvalue weighted by atomic mass is 15.1. The summed E-state index contributed by atoms with van der Waals surface area (Å²) < 4.78 is 0. The van der Waals surface area contributed by atoms with Crippen LogP contribution in [-0.4, -0.2) is 0 Å². The standard InChI is InChI=1S/C66H51N/c1-65(2)60-30-14-11-26-55(60)57-40-36-49(43-62(57)65)53-25-13-16-32-63(53)67(51-24-17-23-48(41-51)54-28-18-29-58-56-27-12-15-31-61(56)66(3,4)64(54)58)50-37-33-44(34-38-50)47-35-39-52(45-19-7-5-8-20-45)59(42-47)46-21-9-6-10-22-46/h5-43H,1-4H3. The predicted molar refractivity (Wildman–Crippen MR) is 283 cm³/mol. The van der Waals surface area contributed by atoms with Crippen molar-refractivity contribution in [3.63, 3.8) is 0 Å². The fourth-order valence-corrected chi connectivity index (χ4v) is 11.4. The third-order valence-corrected chi connectivity index (χ3v) is 14.7. The second-order valence-corrected chi connectivity index (χ2v) is 19.3. The van der Waals surface area contributed by atoms with E-state index in [-0.39, 0.29) is 10.8 Å². The number of rotatable bonds is 8. The lowest BCUT2D eigenvalue weighted by molar-refractivity contribution is 0.660. The summed E-state index contributed by atoms with van der Waals surface area (Å²) in [5.74, 6) is 0. The van der Waals surface area contributed by atoms with Gasteiger partial charge in [0.1, 0.15) is 0 Å². The molecule has 67 heavy (non-hydrogen) atoms. The van der Waals surface area contributed by atoms with E-state index in [2.05, 4.69) is 269 Å². The van der Waals surface area contributed by atoms with Gasteiger partial charge in [-0.3, -0.25) is 0 Å². The third kappa shape index (κ3) is 6.68. The summed E-state index contributed by atoms with van der Waals surface area (Å²) in [4.78, 5) is 2.46. The summed E-state index contributed by atoms with van der Waals surface area (Å²) in [7, 11) is 0. The first kappa shape index (κ1) is 40.5. The van der Waals surface area contributed by atoms with E-state index in [1.54, 1.807) is 0 Å². The van der Waals surface area contributed by atoms with Crippen molar-refractivity contribution < 1.29 is 0 Å². The van der Waals surface area contributed by atoms with Crippen LogP contribution in [0.15, 0.2) is 237 Å². The Morgan fingerprint density at radius 1 is 0.254 bits per heavy atom. The molecule has 0 heterocycles. The van der Waals surface area contributed by atoms with E-state index in [1.165, 1.54) is 100 Å². The van der Waals surface area contributed by atoms with Crippen LogP contribution in [0.3, 0.4) is 0 Å². The first-order valence-corrected chi connectivity index (χ1v) is 23.6. The van der Waals surface area contributed by atoms with Crippen LogP contribution in [0.4, 0.5) is 17.1 Å². The molecule has 0 amide bonds. The number of para-hydroxylation sites is 1. The molecule has 2 aliphatic rings. The summed E-state index contributed by atoms with van der Waals surface area (Å²) in [6, 6.07) is 87.5. The molecule has 0 bridgehead atoms. The van der Waals surface area contributed by atoms with Gasteiger partial charge < -0.3 is 4.90 Å². The van der Waals surface area contributed by atoms with Crippen LogP contribution in [-0.2, 0) is 10.8 Å². The minimum atomic E-state index is -0.138. The number of benzene rings is 10. The van der Waals surface area contributed by atoms with Crippen LogP contribution in [0.2, 0.25) is 0 Å². The van der Waals surface area contributed by atoms with Gasteiger partial charge in [0, 0.05) is 27.8 Å². The third-order valence-electron chi connectivity index (χ3n) is 14.7. The summed E-state index contributed by atoms with van der Waals surface area (Å²) >= 11 is 0. The Bertz CT molecular complexity index is 3500. The zero-order chi connectivity index (χ0) is 45.3. The topological polar surface area (TPSA) is 3.24 Å². The van der Waals surface area contributed by atoms with Crippen LogP contribution >= 0.6 is 0 Å². The van der Waals surface area contributed by atoms with Crippen molar-refractivity contribution >= 4 is 17.1 Å². The zero-order valence-corrected chi connectivity index (χ0v) is 38.5. The van der Waals surface area contributed by atoms with Gasteiger partial charge in [-0.2, -0.15) is 0 Å².